The van der Waals surface area contributed by atoms with E-state index < -0.39 is 23.4 Å². The van der Waals surface area contributed by atoms with Gasteiger partial charge in [-0.15, -0.1) is 0 Å². The van der Waals surface area contributed by atoms with E-state index >= 15 is 0 Å². The number of hydrogen-bond acceptors (Lipinski definition) is 5. The first-order valence-electron chi connectivity index (χ1n) is 5.54. The Balaban J connectivity index is 2.43. The highest BCUT2D eigenvalue weighted by molar-refractivity contribution is 5.93. The smallest absolute Gasteiger partial charge is 0.420 e. The Morgan fingerprint density at radius 2 is 1.81 bits per heavy atom. The average Bonchev–Trinajstić information content (AvgIpc) is 2.40. The van der Waals surface area contributed by atoms with Crippen LogP contribution in [0, 0.1) is 0 Å². The summed E-state index contributed by atoms with van der Waals surface area (Å²) in [5.74, 6) is -1.52. The van der Waals surface area contributed by atoms with Crippen molar-refractivity contribution in [2.45, 2.75) is 6.18 Å². The lowest BCUT2D eigenvalue weighted by molar-refractivity contribution is -0.138. The number of nitrogens with zero attached hydrogens (tertiary/aromatic N) is 2. The number of primary amides is 1. The Morgan fingerprint density at radius 3 is 2.33 bits per heavy atom. The largest absolute Gasteiger partial charge is 0.424 e. The number of carbonyl (C=O) groups excluding carboxylic acids is 1. The summed E-state index contributed by atoms with van der Waals surface area (Å²) in [5.41, 5.74) is 9.12. The predicted molar refractivity (Wildman–Crippen MR) is 66.5 cm³/mol. The summed E-state index contributed by atoms with van der Waals surface area (Å²) in [6.45, 7) is 0. The van der Waals surface area contributed by atoms with Crippen LogP contribution in [0.1, 0.15) is 15.9 Å². The van der Waals surface area contributed by atoms with Gasteiger partial charge in [-0.2, -0.15) is 13.2 Å². The number of carbonyl (C=O) groups is 1. The van der Waals surface area contributed by atoms with Gasteiger partial charge >= 0.3 is 12.2 Å². The molecule has 2 rings (SSSR count). The minimum absolute atomic E-state index is 0.238. The molecule has 1 aromatic carbocycles. The Kier molecular flexibility index (Phi) is 3.66. The van der Waals surface area contributed by atoms with Crippen molar-refractivity contribution in [1.82, 2.24) is 9.97 Å². The van der Waals surface area contributed by atoms with Crippen molar-refractivity contribution in [3.05, 3.63) is 41.7 Å². The van der Waals surface area contributed by atoms with Crippen molar-refractivity contribution in [3.8, 4) is 11.8 Å². The molecule has 2 aromatic rings. The van der Waals surface area contributed by atoms with Crippen LogP contribution in [-0.4, -0.2) is 15.9 Å². The van der Waals surface area contributed by atoms with E-state index in [4.69, 9.17) is 16.2 Å². The monoisotopic (exact) mass is 298 g/mol. The summed E-state index contributed by atoms with van der Waals surface area (Å²) in [4.78, 5) is 18.2. The highest BCUT2D eigenvalue weighted by Gasteiger charge is 2.35. The normalized spacial score (nSPS) is 11.2. The number of alkyl halides is 3. The van der Waals surface area contributed by atoms with Crippen LogP contribution in [0.4, 0.5) is 18.9 Å². The van der Waals surface area contributed by atoms with Crippen LogP contribution in [0.15, 0.2) is 30.6 Å². The zero-order chi connectivity index (χ0) is 15.6. The van der Waals surface area contributed by atoms with Gasteiger partial charge in [-0.3, -0.25) is 4.79 Å². The molecule has 1 amide bonds. The van der Waals surface area contributed by atoms with E-state index in [9.17, 15) is 18.0 Å². The number of ether oxygens (including phenoxy) is 1. The fourth-order valence-corrected chi connectivity index (χ4v) is 1.47. The zero-order valence-corrected chi connectivity index (χ0v) is 10.4. The third kappa shape index (κ3) is 3.38. The summed E-state index contributed by atoms with van der Waals surface area (Å²) in [6.07, 6.45) is -2.35. The molecule has 0 spiro atoms. The molecule has 21 heavy (non-hydrogen) atoms. The molecule has 110 valence electrons. The molecule has 1 aromatic heterocycles. The topological polar surface area (TPSA) is 104 Å². The van der Waals surface area contributed by atoms with Gasteiger partial charge < -0.3 is 16.2 Å². The van der Waals surface area contributed by atoms with Crippen LogP contribution in [0.2, 0.25) is 0 Å². The summed E-state index contributed by atoms with van der Waals surface area (Å²) in [5, 5.41) is 0. The fraction of sp³-hybridized carbons (Fsp3) is 0.0833. The Bertz CT molecular complexity index is 671. The summed E-state index contributed by atoms with van der Waals surface area (Å²) >= 11 is 0. The molecule has 0 fully saturated rings. The molecule has 0 aliphatic carbocycles. The van der Waals surface area contributed by atoms with Crippen molar-refractivity contribution in [3.63, 3.8) is 0 Å². The molecule has 1 heterocycles. The van der Waals surface area contributed by atoms with Crippen molar-refractivity contribution in [1.29, 1.82) is 0 Å². The molecular weight excluding hydrogens is 289 g/mol. The quantitative estimate of drug-likeness (QED) is 0.901. The number of rotatable bonds is 3. The lowest BCUT2D eigenvalue weighted by Crippen LogP contribution is -2.14. The average molecular weight is 298 g/mol. The Hall–Kier alpha value is -2.84. The number of nitrogens with two attached hydrogens (primary N) is 2. The first-order chi connectivity index (χ1) is 9.77. The lowest BCUT2D eigenvalue weighted by atomic mass is 10.1. The molecule has 0 bridgehead atoms. The predicted octanol–water partition coefficient (Wildman–Crippen LogP) is 1.97. The molecule has 0 saturated heterocycles. The highest BCUT2D eigenvalue weighted by Crippen LogP contribution is 2.38. The van der Waals surface area contributed by atoms with Crippen LogP contribution in [0.3, 0.4) is 0 Å². The minimum atomic E-state index is -4.73. The van der Waals surface area contributed by atoms with Crippen LogP contribution in [0.5, 0.6) is 11.8 Å². The Morgan fingerprint density at radius 1 is 1.19 bits per heavy atom. The van der Waals surface area contributed by atoms with Gasteiger partial charge in [-0.1, -0.05) is 0 Å². The van der Waals surface area contributed by atoms with Gasteiger partial charge in [-0.05, 0) is 18.2 Å². The minimum Gasteiger partial charge on any atom is -0.424 e. The maximum atomic E-state index is 13.0. The number of anilines is 1. The summed E-state index contributed by atoms with van der Waals surface area (Å²) in [6, 6.07) is 2.39. The van der Waals surface area contributed by atoms with Crippen molar-refractivity contribution in [2.75, 3.05) is 5.73 Å². The van der Waals surface area contributed by atoms with E-state index in [1.54, 1.807) is 0 Å². The van der Waals surface area contributed by atoms with Crippen LogP contribution >= 0.6 is 0 Å². The number of halogens is 3. The van der Waals surface area contributed by atoms with E-state index in [1.807, 2.05) is 0 Å². The Labute approximate surface area is 116 Å². The molecule has 4 N–H and O–H groups in total. The second-order valence-electron chi connectivity index (χ2n) is 3.97. The maximum absolute atomic E-state index is 13.0. The van der Waals surface area contributed by atoms with Crippen molar-refractivity contribution >= 4 is 11.6 Å². The van der Waals surface area contributed by atoms with Gasteiger partial charge in [-0.25, -0.2) is 9.97 Å². The van der Waals surface area contributed by atoms with Crippen molar-refractivity contribution < 1.29 is 22.7 Å². The fourth-order valence-electron chi connectivity index (χ4n) is 1.47. The molecule has 0 radical (unpaired) electrons. The van der Waals surface area contributed by atoms with Gasteiger partial charge in [0.15, 0.2) is 0 Å². The molecular formula is C12H9F3N4O2. The van der Waals surface area contributed by atoms with Gasteiger partial charge in [0, 0.05) is 5.56 Å². The number of amides is 1. The van der Waals surface area contributed by atoms with Crippen molar-refractivity contribution in [2.24, 2.45) is 5.73 Å². The second kappa shape index (κ2) is 5.27. The maximum Gasteiger partial charge on any atom is 0.420 e. The molecule has 9 heteroatoms. The van der Waals surface area contributed by atoms with E-state index in [-0.39, 0.29) is 17.3 Å². The van der Waals surface area contributed by atoms with Gasteiger partial charge in [0.2, 0.25) is 5.91 Å². The molecule has 0 atom stereocenters. The van der Waals surface area contributed by atoms with E-state index in [2.05, 4.69) is 9.97 Å². The molecule has 0 aliphatic rings. The van der Waals surface area contributed by atoms with E-state index in [0.29, 0.717) is 6.07 Å². The van der Waals surface area contributed by atoms with E-state index in [0.717, 1.165) is 12.1 Å². The lowest BCUT2D eigenvalue weighted by Gasteiger charge is -2.13. The SMILES string of the molecule is NC(=O)c1ccc(Oc2ncc(N)cn2)c(C(F)(F)F)c1. The molecule has 0 saturated carbocycles. The first kappa shape index (κ1) is 14.6. The highest BCUT2D eigenvalue weighted by atomic mass is 19.4. The number of aromatic nitrogens is 2. The summed E-state index contributed by atoms with van der Waals surface area (Å²) in [7, 11) is 0. The summed E-state index contributed by atoms with van der Waals surface area (Å²) < 4.78 is 43.9. The molecule has 0 unspecified atom stereocenters. The standard InChI is InChI=1S/C12H9F3N4O2/c13-12(14,15)8-3-6(10(17)20)1-2-9(8)21-11-18-4-7(16)5-19-11/h1-5H,16H2,(H2,17,20). The number of benzene rings is 1. The number of nitrogen functional groups attached to an aromatic ring is 1. The van der Waals surface area contributed by atoms with Crippen LogP contribution in [-0.2, 0) is 6.18 Å². The van der Waals surface area contributed by atoms with Crippen LogP contribution in [0.25, 0.3) is 0 Å². The third-order valence-corrected chi connectivity index (χ3v) is 2.42. The van der Waals surface area contributed by atoms with Crippen LogP contribution < -0.4 is 16.2 Å². The van der Waals surface area contributed by atoms with Gasteiger partial charge in [0.05, 0.1) is 23.6 Å². The first-order valence-corrected chi connectivity index (χ1v) is 5.54. The van der Waals surface area contributed by atoms with Gasteiger partial charge in [0.25, 0.3) is 0 Å². The zero-order valence-electron chi connectivity index (χ0n) is 10.4. The molecule has 0 aliphatic heterocycles. The second-order valence-corrected chi connectivity index (χ2v) is 3.97. The van der Waals surface area contributed by atoms with E-state index in [1.165, 1.54) is 12.4 Å². The number of hydrogen-bond donors (Lipinski definition) is 2. The third-order valence-electron chi connectivity index (χ3n) is 2.42. The molecule has 6 nitrogen and oxygen atoms in total. The van der Waals surface area contributed by atoms with Gasteiger partial charge in [0.1, 0.15) is 5.75 Å².